The summed E-state index contributed by atoms with van der Waals surface area (Å²) in [6.07, 6.45) is 2.18. The second-order valence-electron chi connectivity index (χ2n) is 4.87. The van der Waals surface area contributed by atoms with Crippen molar-refractivity contribution in [2.75, 3.05) is 7.11 Å². The van der Waals surface area contributed by atoms with Crippen molar-refractivity contribution in [1.29, 1.82) is 0 Å². The highest BCUT2D eigenvalue weighted by Crippen LogP contribution is 2.33. The van der Waals surface area contributed by atoms with Gasteiger partial charge in [0.2, 0.25) is 10.0 Å². The molecular formula is C11H19NO6S. The Morgan fingerprint density at radius 2 is 1.89 bits per heavy atom. The van der Waals surface area contributed by atoms with Crippen LogP contribution in [-0.4, -0.2) is 43.4 Å². The molecular weight excluding hydrogens is 274 g/mol. The fourth-order valence-corrected chi connectivity index (χ4v) is 3.75. The second kappa shape index (κ2) is 5.87. The molecule has 0 aliphatic heterocycles. The highest BCUT2D eigenvalue weighted by Gasteiger charge is 2.42. The number of esters is 1. The molecule has 0 saturated heterocycles. The zero-order valence-corrected chi connectivity index (χ0v) is 11.8. The predicted molar refractivity (Wildman–Crippen MR) is 67.0 cm³/mol. The van der Waals surface area contributed by atoms with Crippen LogP contribution in [0.25, 0.3) is 0 Å². The third-order valence-electron chi connectivity index (χ3n) is 3.41. The van der Waals surface area contributed by atoms with Gasteiger partial charge in [-0.3, -0.25) is 9.59 Å². The Kier molecular flexibility index (Phi) is 4.92. The van der Waals surface area contributed by atoms with E-state index in [-0.39, 0.29) is 6.42 Å². The molecule has 19 heavy (non-hydrogen) atoms. The lowest BCUT2D eigenvalue weighted by atomic mass is 9.95. The van der Waals surface area contributed by atoms with Crippen LogP contribution < -0.4 is 4.72 Å². The van der Waals surface area contributed by atoms with Gasteiger partial charge in [-0.05, 0) is 19.8 Å². The molecule has 0 heterocycles. The number of methoxy groups -OCH3 is 1. The van der Waals surface area contributed by atoms with E-state index in [2.05, 4.69) is 9.46 Å². The average Bonchev–Trinajstić information content (AvgIpc) is 2.73. The lowest BCUT2D eigenvalue weighted by Crippen LogP contribution is -2.51. The van der Waals surface area contributed by atoms with Crippen LogP contribution in [0.1, 0.15) is 39.0 Å². The molecule has 7 nitrogen and oxygen atoms in total. The van der Waals surface area contributed by atoms with E-state index in [4.69, 9.17) is 5.11 Å². The minimum Gasteiger partial charge on any atom is -0.481 e. The molecule has 1 aliphatic rings. The Morgan fingerprint density at radius 3 is 2.32 bits per heavy atom. The number of nitrogens with one attached hydrogen (secondary N) is 1. The van der Waals surface area contributed by atoms with Gasteiger partial charge in [0.15, 0.2) is 5.25 Å². The summed E-state index contributed by atoms with van der Waals surface area (Å²) in [7, 11) is -2.84. The Balaban J connectivity index is 2.90. The monoisotopic (exact) mass is 293 g/mol. The fourth-order valence-electron chi connectivity index (χ4n) is 2.34. The molecule has 0 aromatic rings. The molecule has 0 amide bonds. The molecule has 2 N–H and O–H groups in total. The molecule has 110 valence electrons. The van der Waals surface area contributed by atoms with Crippen LogP contribution in [0.5, 0.6) is 0 Å². The first kappa shape index (κ1) is 15.9. The van der Waals surface area contributed by atoms with Crippen LogP contribution >= 0.6 is 0 Å². The lowest BCUT2D eigenvalue weighted by molar-refractivity contribution is -0.140. The normalized spacial score (nSPS) is 19.9. The number of carboxylic acids is 1. The van der Waals surface area contributed by atoms with E-state index in [1.54, 1.807) is 0 Å². The van der Waals surface area contributed by atoms with E-state index in [0.717, 1.165) is 20.0 Å². The molecule has 8 heteroatoms. The summed E-state index contributed by atoms with van der Waals surface area (Å²) in [6, 6.07) is 0. The second-order valence-corrected chi connectivity index (χ2v) is 6.87. The van der Waals surface area contributed by atoms with Gasteiger partial charge in [0, 0.05) is 5.54 Å². The van der Waals surface area contributed by atoms with Crippen molar-refractivity contribution >= 4 is 22.0 Å². The topological polar surface area (TPSA) is 110 Å². The first-order valence-electron chi connectivity index (χ1n) is 6.05. The summed E-state index contributed by atoms with van der Waals surface area (Å²) < 4.78 is 30.9. The molecule has 1 fully saturated rings. The van der Waals surface area contributed by atoms with E-state index < -0.39 is 32.8 Å². The molecule has 0 radical (unpaired) electrons. The van der Waals surface area contributed by atoms with Gasteiger partial charge in [0.25, 0.3) is 0 Å². The lowest BCUT2D eigenvalue weighted by Gasteiger charge is -2.29. The van der Waals surface area contributed by atoms with Gasteiger partial charge in [-0.1, -0.05) is 12.8 Å². The fraction of sp³-hybridized carbons (Fsp3) is 0.818. The number of carbonyl (C=O) groups excluding carboxylic acids is 1. The van der Waals surface area contributed by atoms with Crippen molar-refractivity contribution in [3.63, 3.8) is 0 Å². The van der Waals surface area contributed by atoms with Gasteiger partial charge in [0.1, 0.15) is 0 Å². The zero-order valence-electron chi connectivity index (χ0n) is 11.0. The maximum atomic E-state index is 12.1. The van der Waals surface area contributed by atoms with Crippen LogP contribution in [0.2, 0.25) is 0 Å². The molecule has 1 atom stereocenters. The summed E-state index contributed by atoms with van der Waals surface area (Å²) in [6.45, 7) is 1.22. The summed E-state index contributed by atoms with van der Waals surface area (Å²) in [5.41, 5.74) is -0.979. The van der Waals surface area contributed by atoms with Crippen molar-refractivity contribution < 1.29 is 27.9 Å². The van der Waals surface area contributed by atoms with Crippen LogP contribution in [0.15, 0.2) is 0 Å². The minimum absolute atomic E-state index is 0.278. The summed E-state index contributed by atoms with van der Waals surface area (Å²) in [4.78, 5) is 22.2. The van der Waals surface area contributed by atoms with Gasteiger partial charge < -0.3 is 9.84 Å². The molecule has 1 saturated carbocycles. The zero-order chi connectivity index (χ0) is 14.7. The first-order chi connectivity index (χ1) is 8.72. The quantitative estimate of drug-likeness (QED) is 0.679. The van der Waals surface area contributed by atoms with Crippen molar-refractivity contribution in [1.82, 2.24) is 4.72 Å². The van der Waals surface area contributed by atoms with E-state index in [9.17, 15) is 18.0 Å². The van der Waals surface area contributed by atoms with Crippen molar-refractivity contribution in [3.8, 4) is 0 Å². The van der Waals surface area contributed by atoms with E-state index in [1.165, 1.54) is 6.92 Å². The van der Waals surface area contributed by atoms with Crippen LogP contribution in [0.3, 0.4) is 0 Å². The Morgan fingerprint density at radius 1 is 1.37 bits per heavy atom. The number of hydrogen-bond acceptors (Lipinski definition) is 5. The highest BCUT2D eigenvalue weighted by atomic mass is 32.2. The van der Waals surface area contributed by atoms with Crippen molar-refractivity contribution in [3.05, 3.63) is 0 Å². The number of sulfonamides is 1. The Bertz CT molecular complexity index is 452. The van der Waals surface area contributed by atoms with E-state index in [0.29, 0.717) is 12.8 Å². The van der Waals surface area contributed by atoms with Gasteiger partial charge >= 0.3 is 11.9 Å². The summed E-state index contributed by atoms with van der Waals surface area (Å²) in [5.74, 6) is -1.92. The molecule has 0 aromatic heterocycles. The smallest absolute Gasteiger partial charge is 0.325 e. The SMILES string of the molecule is COC(=O)C(C)S(=O)(=O)NC1(CC(=O)O)CCCC1. The van der Waals surface area contributed by atoms with E-state index >= 15 is 0 Å². The molecule has 1 rings (SSSR count). The van der Waals surface area contributed by atoms with Crippen LogP contribution in [0.4, 0.5) is 0 Å². The standard InChI is InChI=1S/C11H19NO6S/c1-8(10(15)18-2)19(16,17)12-11(7-9(13)14)5-3-4-6-11/h8,12H,3-7H2,1-2H3,(H,13,14). The van der Waals surface area contributed by atoms with Crippen molar-refractivity contribution in [2.24, 2.45) is 0 Å². The number of carboxylic acid groups (broad SMARTS) is 1. The maximum absolute atomic E-state index is 12.1. The van der Waals surface area contributed by atoms with Gasteiger partial charge in [-0.2, -0.15) is 0 Å². The maximum Gasteiger partial charge on any atom is 0.325 e. The molecule has 1 unspecified atom stereocenters. The van der Waals surface area contributed by atoms with Gasteiger partial charge in [-0.25, -0.2) is 13.1 Å². The minimum atomic E-state index is -3.95. The van der Waals surface area contributed by atoms with E-state index in [1.807, 2.05) is 0 Å². The third-order valence-corrected chi connectivity index (χ3v) is 5.25. The molecule has 0 bridgehead atoms. The van der Waals surface area contributed by atoms with Crippen LogP contribution in [0, 0.1) is 0 Å². The molecule has 0 aromatic carbocycles. The highest BCUT2D eigenvalue weighted by molar-refractivity contribution is 7.90. The summed E-state index contributed by atoms with van der Waals surface area (Å²) in [5, 5.41) is 7.55. The first-order valence-corrected chi connectivity index (χ1v) is 7.59. The Hall–Kier alpha value is -1.15. The van der Waals surface area contributed by atoms with Gasteiger partial charge in [0.05, 0.1) is 13.5 Å². The number of hydrogen-bond donors (Lipinski definition) is 2. The molecule has 1 aliphatic carbocycles. The number of ether oxygens (including phenoxy) is 1. The number of carbonyl (C=O) groups is 2. The Labute approximate surface area is 112 Å². The van der Waals surface area contributed by atoms with Gasteiger partial charge in [-0.15, -0.1) is 0 Å². The summed E-state index contributed by atoms with van der Waals surface area (Å²) >= 11 is 0. The predicted octanol–water partition coefficient (Wildman–Crippen LogP) is 0.255. The number of aliphatic carboxylic acids is 1. The third kappa shape index (κ3) is 3.90. The number of rotatable bonds is 6. The average molecular weight is 293 g/mol. The largest absolute Gasteiger partial charge is 0.481 e. The van der Waals surface area contributed by atoms with Crippen LogP contribution in [-0.2, 0) is 24.3 Å². The van der Waals surface area contributed by atoms with Crippen molar-refractivity contribution in [2.45, 2.75) is 49.8 Å². The molecule has 0 spiro atoms.